The molecule has 106 valence electrons. The van der Waals surface area contributed by atoms with Crippen molar-refractivity contribution < 1.29 is 9.90 Å². The first kappa shape index (κ1) is 14.8. The number of aliphatic hydroxyl groups is 1. The standard InChI is InChI=1S/C17H16N2O2/c1-13-6-5-10-18-16(13)17(21)19-15-9-4-8-14(12-15)7-2-3-11-20/h4-6,8-10,12,20H,3,11H2,1H3,(H,19,21). The molecule has 0 saturated heterocycles. The van der Waals surface area contributed by atoms with Gasteiger partial charge in [-0.05, 0) is 36.8 Å². The second-order valence-electron chi connectivity index (χ2n) is 4.48. The number of nitrogens with one attached hydrogen (secondary N) is 1. The first-order valence-electron chi connectivity index (χ1n) is 6.63. The number of benzene rings is 1. The number of anilines is 1. The van der Waals surface area contributed by atoms with E-state index in [0.29, 0.717) is 17.8 Å². The molecule has 0 aliphatic carbocycles. The molecule has 0 saturated carbocycles. The molecule has 2 aromatic rings. The van der Waals surface area contributed by atoms with Crippen LogP contribution in [0.1, 0.15) is 28.0 Å². The molecule has 1 heterocycles. The zero-order chi connectivity index (χ0) is 15.1. The Hall–Kier alpha value is -2.64. The van der Waals surface area contributed by atoms with Gasteiger partial charge in [0.15, 0.2) is 0 Å². The van der Waals surface area contributed by atoms with Crippen LogP contribution in [-0.2, 0) is 0 Å². The molecule has 4 nitrogen and oxygen atoms in total. The van der Waals surface area contributed by atoms with E-state index in [-0.39, 0.29) is 12.5 Å². The summed E-state index contributed by atoms with van der Waals surface area (Å²) in [6.45, 7) is 1.89. The molecular weight excluding hydrogens is 264 g/mol. The number of carbonyl (C=O) groups excluding carboxylic acids is 1. The van der Waals surface area contributed by atoms with Gasteiger partial charge in [0.1, 0.15) is 5.69 Å². The molecule has 0 aliphatic heterocycles. The van der Waals surface area contributed by atoms with Crippen molar-refractivity contribution >= 4 is 11.6 Å². The number of carbonyl (C=O) groups is 1. The fourth-order valence-electron chi connectivity index (χ4n) is 1.81. The summed E-state index contributed by atoms with van der Waals surface area (Å²) in [5.74, 6) is 5.54. The molecule has 21 heavy (non-hydrogen) atoms. The second kappa shape index (κ2) is 7.22. The lowest BCUT2D eigenvalue weighted by Crippen LogP contribution is -2.15. The van der Waals surface area contributed by atoms with Crippen molar-refractivity contribution in [2.45, 2.75) is 13.3 Å². The fourth-order valence-corrected chi connectivity index (χ4v) is 1.81. The van der Waals surface area contributed by atoms with E-state index in [1.165, 1.54) is 0 Å². The first-order chi connectivity index (χ1) is 10.2. The number of pyridine rings is 1. The summed E-state index contributed by atoms with van der Waals surface area (Å²) in [6.07, 6.45) is 2.03. The summed E-state index contributed by atoms with van der Waals surface area (Å²) in [4.78, 5) is 16.3. The normalized spacial score (nSPS) is 9.62. The minimum Gasteiger partial charge on any atom is -0.395 e. The van der Waals surface area contributed by atoms with Crippen molar-refractivity contribution in [1.29, 1.82) is 0 Å². The summed E-state index contributed by atoms with van der Waals surface area (Å²) in [5.41, 5.74) is 2.70. The molecule has 0 spiro atoms. The Morgan fingerprint density at radius 3 is 2.95 bits per heavy atom. The Labute approximate surface area is 123 Å². The van der Waals surface area contributed by atoms with Gasteiger partial charge < -0.3 is 10.4 Å². The molecule has 0 bridgehead atoms. The number of hydrogen-bond acceptors (Lipinski definition) is 3. The Kier molecular flexibility index (Phi) is 5.08. The van der Waals surface area contributed by atoms with Gasteiger partial charge in [-0.2, -0.15) is 0 Å². The zero-order valence-electron chi connectivity index (χ0n) is 11.8. The second-order valence-corrected chi connectivity index (χ2v) is 4.48. The molecular formula is C17H16N2O2. The van der Waals surface area contributed by atoms with Crippen LogP contribution in [0.5, 0.6) is 0 Å². The van der Waals surface area contributed by atoms with Gasteiger partial charge >= 0.3 is 0 Å². The van der Waals surface area contributed by atoms with Crippen LogP contribution in [0.3, 0.4) is 0 Å². The summed E-state index contributed by atoms with van der Waals surface area (Å²) in [6, 6.07) is 10.9. The van der Waals surface area contributed by atoms with Crippen LogP contribution < -0.4 is 5.32 Å². The van der Waals surface area contributed by atoms with E-state index >= 15 is 0 Å². The molecule has 4 heteroatoms. The highest BCUT2D eigenvalue weighted by Crippen LogP contribution is 2.12. The van der Waals surface area contributed by atoms with Gasteiger partial charge in [-0.25, -0.2) is 0 Å². The first-order valence-corrected chi connectivity index (χ1v) is 6.63. The molecule has 1 aromatic carbocycles. The Morgan fingerprint density at radius 1 is 1.33 bits per heavy atom. The maximum absolute atomic E-state index is 12.2. The third-order valence-corrected chi connectivity index (χ3v) is 2.81. The van der Waals surface area contributed by atoms with Crippen LogP contribution in [0.4, 0.5) is 5.69 Å². The van der Waals surface area contributed by atoms with Gasteiger partial charge in [0.05, 0.1) is 6.61 Å². The van der Waals surface area contributed by atoms with E-state index in [4.69, 9.17) is 5.11 Å². The lowest BCUT2D eigenvalue weighted by atomic mass is 10.1. The minimum absolute atomic E-state index is 0.0440. The van der Waals surface area contributed by atoms with E-state index in [2.05, 4.69) is 22.1 Å². The topological polar surface area (TPSA) is 62.2 Å². The predicted octanol–water partition coefficient (Wildman–Crippen LogP) is 2.38. The van der Waals surface area contributed by atoms with Gasteiger partial charge in [0, 0.05) is 23.9 Å². The van der Waals surface area contributed by atoms with Crippen LogP contribution in [-0.4, -0.2) is 22.6 Å². The number of amides is 1. The van der Waals surface area contributed by atoms with E-state index in [1.807, 2.05) is 25.1 Å². The van der Waals surface area contributed by atoms with Crippen molar-refractivity contribution in [2.24, 2.45) is 0 Å². The molecule has 2 rings (SSSR count). The van der Waals surface area contributed by atoms with Crippen molar-refractivity contribution in [1.82, 2.24) is 4.98 Å². The third kappa shape index (κ3) is 4.16. The lowest BCUT2D eigenvalue weighted by Gasteiger charge is -2.06. The van der Waals surface area contributed by atoms with Crippen LogP contribution in [0.2, 0.25) is 0 Å². The molecule has 0 unspecified atom stereocenters. The lowest BCUT2D eigenvalue weighted by molar-refractivity contribution is 0.102. The molecule has 0 radical (unpaired) electrons. The average molecular weight is 280 g/mol. The van der Waals surface area contributed by atoms with Gasteiger partial charge in [-0.15, -0.1) is 0 Å². The summed E-state index contributed by atoms with van der Waals surface area (Å²) in [5, 5.41) is 11.5. The molecule has 0 atom stereocenters. The van der Waals surface area contributed by atoms with Crippen LogP contribution >= 0.6 is 0 Å². The molecule has 0 aliphatic rings. The minimum atomic E-state index is -0.242. The maximum atomic E-state index is 12.2. The number of nitrogens with zero attached hydrogens (tertiary/aromatic N) is 1. The maximum Gasteiger partial charge on any atom is 0.274 e. The van der Waals surface area contributed by atoms with Crippen LogP contribution in [0.15, 0.2) is 42.6 Å². The monoisotopic (exact) mass is 280 g/mol. The van der Waals surface area contributed by atoms with Gasteiger partial charge in [-0.3, -0.25) is 9.78 Å². The van der Waals surface area contributed by atoms with E-state index < -0.39 is 0 Å². The fraction of sp³-hybridized carbons (Fsp3) is 0.176. The molecule has 1 aromatic heterocycles. The van der Waals surface area contributed by atoms with Crippen LogP contribution in [0.25, 0.3) is 0 Å². The SMILES string of the molecule is Cc1cccnc1C(=O)Nc1cccc(C#CCCO)c1. The summed E-state index contributed by atoms with van der Waals surface area (Å²) in [7, 11) is 0. The van der Waals surface area contributed by atoms with E-state index in [9.17, 15) is 4.79 Å². The quantitative estimate of drug-likeness (QED) is 0.849. The number of hydrogen-bond donors (Lipinski definition) is 2. The van der Waals surface area contributed by atoms with E-state index in [1.54, 1.807) is 24.4 Å². The average Bonchev–Trinajstić information content (AvgIpc) is 2.48. The van der Waals surface area contributed by atoms with Gasteiger partial charge in [0.2, 0.25) is 0 Å². The molecule has 2 N–H and O–H groups in total. The highest BCUT2D eigenvalue weighted by Gasteiger charge is 2.10. The largest absolute Gasteiger partial charge is 0.395 e. The Balaban J connectivity index is 2.14. The summed E-state index contributed by atoms with van der Waals surface area (Å²) < 4.78 is 0. The highest BCUT2D eigenvalue weighted by molar-refractivity contribution is 6.03. The van der Waals surface area contributed by atoms with Gasteiger partial charge in [-0.1, -0.05) is 24.0 Å². The highest BCUT2D eigenvalue weighted by atomic mass is 16.2. The molecule has 0 fully saturated rings. The molecule has 1 amide bonds. The number of aryl methyl sites for hydroxylation is 1. The third-order valence-electron chi connectivity index (χ3n) is 2.81. The van der Waals surface area contributed by atoms with Crippen molar-refractivity contribution in [3.63, 3.8) is 0 Å². The van der Waals surface area contributed by atoms with Crippen LogP contribution in [0, 0.1) is 18.8 Å². The number of aromatic nitrogens is 1. The number of aliphatic hydroxyl groups excluding tert-OH is 1. The van der Waals surface area contributed by atoms with Gasteiger partial charge in [0.25, 0.3) is 5.91 Å². The Morgan fingerprint density at radius 2 is 2.19 bits per heavy atom. The van der Waals surface area contributed by atoms with Crippen molar-refractivity contribution in [2.75, 3.05) is 11.9 Å². The van der Waals surface area contributed by atoms with Crippen molar-refractivity contribution in [3.8, 4) is 11.8 Å². The summed E-state index contributed by atoms with van der Waals surface area (Å²) >= 11 is 0. The predicted molar refractivity (Wildman–Crippen MR) is 82.0 cm³/mol. The smallest absolute Gasteiger partial charge is 0.274 e. The number of rotatable bonds is 3. The Bertz CT molecular complexity index is 699. The van der Waals surface area contributed by atoms with E-state index in [0.717, 1.165) is 11.1 Å². The van der Waals surface area contributed by atoms with Crippen molar-refractivity contribution in [3.05, 3.63) is 59.4 Å². The zero-order valence-corrected chi connectivity index (χ0v) is 11.8.